The van der Waals surface area contributed by atoms with Gasteiger partial charge in [0, 0.05) is 18.3 Å². The maximum absolute atomic E-state index is 13.0. The molecule has 2 aromatic rings. The fourth-order valence-electron chi connectivity index (χ4n) is 2.89. The number of aromatic nitrogens is 1. The summed E-state index contributed by atoms with van der Waals surface area (Å²) < 4.78 is 35.2. The third kappa shape index (κ3) is 3.42. The molecule has 0 radical (unpaired) electrons. The molecule has 0 bridgehead atoms. The van der Waals surface area contributed by atoms with Crippen LogP contribution in [0.15, 0.2) is 23.1 Å². The Labute approximate surface area is 148 Å². The number of hydrogen-bond acceptors (Lipinski definition) is 4. The molecule has 0 saturated carbocycles. The Kier molecular flexibility index (Phi) is 5.27. The minimum absolute atomic E-state index is 0.110. The van der Waals surface area contributed by atoms with Gasteiger partial charge < -0.3 is 9.30 Å². The van der Waals surface area contributed by atoms with Gasteiger partial charge in [-0.3, -0.25) is 4.72 Å². The number of nitrogens with one attached hydrogen (secondary N) is 1. The van der Waals surface area contributed by atoms with Crippen LogP contribution in [-0.4, -0.2) is 25.6 Å². The summed E-state index contributed by atoms with van der Waals surface area (Å²) in [6, 6.07) is 5.44. The Morgan fingerprint density at radius 3 is 2.40 bits per heavy atom. The van der Waals surface area contributed by atoms with E-state index in [1.54, 1.807) is 44.5 Å². The van der Waals surface area contributed by atoms with Crippen molar-refractivity contribution in [2.75, 3.05) is 11.3 Å². The summed E-state index contributed by atoms with van der Waals surface area (Å²) in [7, 11) is -2.18. The van der Waals surface area contributed by atoms with E-state index in [4.69, 9.17) is 4.74 Å². The molecule has 0 spiro atoms. The fourth-order valence-corrected chi connectivity index (χ4v) is 4.53. The van der Waals surface area contributed by atoms with Crippen LogP contribution in [0, 0.1) is 27.7 Å². The van der Waals surface area contributed by atoms with Gasteiger partial charge in [0.05, 0.1) is 12.3 Å². The van der Waals surface area contributed by atoms with Crippen LogP contribution in [0.25, 0.3) is 0 Å². The first-order valence-electron chi connectivity index (χ1n) is 8.03. The maximum atomic E-state index is 13.0. The zero-order valence-corrected chi connectivity index (χ0v) is 16.2. The molecular formula is C18H24N2O4S. The number of rotatable bonds is 5. The van der Waals surface area contributed by atoms with Crippen LogP contribution in [0.2, 0.25) is 0 Å². The van der Waals surface area contributed by atoms with E-state index in [1.165, 1.54) is 0 Å². The average molecular weight is 364 g/mol. The first-order valence-corrected chi connectivity index (χ1v) is 9.52. The summed E-state index contributed by atoms with van der Waals surface area (Å²) in [5.41, 5.74) is 3.51. The normalized spacial score (nSPS) is 11.4. The van der Waals surface area contributed by atoms with Crippen molar-refractivity contribution in [3.05, 3.63) is 46.3 Å². The second-order valence-corrected chi connectivity index (χ2v) is 7.64. The van der Waals surface area contributed by atoms with Crippen LogP contribution in [0.3, 0.4) is 0 Å². The number of aryl methyl sites for hydroxylation is 1. The molecule has 2 rings (SSSR count). The van der Waals surface area contributed by atoms with Crippen molar-refractivity contribution in [2.45, 2.75) is 39.5 Å². The quantitative estimate of drug-likeness (QED) is 0.826. The standard InChI is InChI=1S/C18H24N2O4S/c1-7-24-18(21)16-13(4)17(14(5)20(16)6)25(22,23)19-15-10-8-9-11(2)12(15)3/h8-10,19H,7H2,1-6H3. The first-order chi connectivity index (χ1) is 11.6. The molecule has 0 unspecified atom stereocenters. The van der Waals surface area contributed by atoms with E-state index in [0.29, 0.717) is 16.9 Å². The SMILES string of the molecule is CCOC(=O)c1c(C)c(S(=O)(=O)Nc2cccc(C)c2C)c(C)n1C. The summed E-state index contributed by atoms with van der Waals surface area (Å²) >= 11 is 0. The molecule has 0 aliphatic carbocycles. The van der Waals surface area contributed by atoms with E-state index < -0.39 is 16.0 Å². The van der Waals surface area contributed by atoms with Gasteiger partial charge in [-0.2, -0.15) is 0 Å². The molecule has 136 valence electrons. The average Bonchev–Trinajstić information content (AvgIpc) is 2.74. The first kappa shape index (κ1) is 19.1. The zero-order chi connectivity index (χ0) is 18.9. The minimum atomic E-state index is -3.84. The highest BCUT2D eigenvalue weighted by molar-refractivity contribution is 7.92. The third-order valence-corrected chi connectivity index (χ3v) is 6.08. The highest BCUT2D eigenvalue weighted by atomic mass is 32.2. The highest BCUT2D eigenvalue weighted by Crippen LogP contribution is 2.29. The number of esters is 1. The van der Waals surface area contributed by atoms with Crippen molar-refractivity contribution >= 4 is 21.7 Å². The largest absolute Gasteiger partial charge is 0.461 e. The van der Waals surface area contributed by atoms with Crippen molar-refractivity contribution < 1.29 is 17.9 Å². The number of hydrogen-bond donors (Lipinski definition) is 1. The van der Waals surface area contributed by atoms with Crippen LogP contribution >= 0.6 is 0 Å². The number of carbonyl (C=O) groups excluding carboxylic acids is 1. The lowest BCUT2D eigenvalue weighted by Crippen LogP contribution is -2.16. The van der Waals surface area contributed by atoms with Crippen molar-refractivity contribution in [2.24, 2.45) is 7.05 Å². The summed E-state index contributed by atoms with van der Waals surface area (Å²) in [4.78, 5) is 12.3. The van der Waals surface area contributed by atoms with Crippen LogP contribution in [-0.2, 0) is 21.8 Å². The van der Waals surface area contributed by atoms with E-state index in [1.807, 2.05) is 19.9 Å². The molecule has 1 N–H and O–H groups in total. The van der Waals surface area contributed by atoms with Crippen molar-refractivity contribution in [1.29, 1.82) is 0 Å². The molecule has 0 aliphatic heterocycles. The monoisotopic (exact) mass is 364 g/mol. The van der Waals surface area contributed by atoms with Crippen LogP contribution in [0.4, 0.5) is 5.69 Å². The molecule has 0 fully saturated rings. The molecule has 1 heterocycles. The molecule has 6 nitrogen and oxygen atoms in total. The lowest BCUT2D eigenvalue weighted by molar-refractivity contribution is 0.0514. The maximum Gasteiger partial charge on any atom is 0.355 e. The predicted molar refractivity (Wildman–Crippen MR) is 97.6 cm³/mol. The minimum Gasteiger partial charge on any atom is -0.461 e. The van der Waals surface area contributed by atoms with E-state index in [2.05, 4.69) is 4.72 Å². The third-order valence-electron chi connectivity index (χ3n) is 4.45. The van der Waals surface area contributed by atoms with E-state index in [-0.39, 0.29) is 17.2 Å². The summed E-state index contributed by atoms with van der Waals surface area (Å²) in [6.45, 7) is 9.02. The van der Waals surface area contributed by atoms with Crippen molar-refractivity contribution in [3.8, 4) is 0 Å². The van der Waals surface area contributed by atoms with Crippen molar-refractivity contribution in [3.63, 3.8) is 0 Å². The number of benzene rings is 1. The molecule has 1 aromatic heterocycles. The van der Waals surface area contributed by atoms with Gasteiger partial charge in [0.25, 0.3) is 10.0 Å². The van der Waals surface area contributed by atoms with Gasteiger partial charge in [0.15, 0.2) is 0 Å². The molecule has 0 aliphatic rings. The second-order valence-electron chi connectivity index (χ2n) is 6.02. The fraction of sp³-hybridized carbons (Fsp3) is 0.389. The van der Waals surface area contributed by atoms with Gasteiger partial charge in [0.2, 0.25) is 0 Å². The number of carbonyl (C=O) groups is 1. The topological polar surface area (TPSA) is 77.4 Å². The Morgan fingerprint density at radius 2 is 1.80 bits per heavy atom. The van der Waals surface area contributed by atoms with Gasteiger partial charge in [-0.05, 0) is 51.8 Å². The highest BCUT2D eigenvalue weighted by Gasteiger charge is 2.29. The van der Waals surface area contributed by atoms with Gasteiger partial charge in [0.1, 0.15) is 10.6 Å². The van der Waals surface area contributed by atoms with Crippen LogP contribution in [0.1, 0.15) is 39.8 Å². The van der Waals surface area contributed by atoms with Crippen molar-refractivity contribution in [1.82, 2.24) is 4.57 Å². The Balaban J connectivity index is 2.55. The summed E-state index contributed by atoms with van der Waals surface area (Å²) in [5, 5.41) is 0. The Hall–Kier alpha value is -2.28. The number of nitrogens with zero attached hydrogens (tertiary/aromatic N) is 1. The zero-order valence-electron chi connectivity index (χ0n) is 15.4. The van der Waals surface area contributed by atoms with Crippen LogP contribution < -0.4 is 4.72 Å². The smallest absolute Gasteiger partial charge is 0.355 e. The van der Waals surface area contributed by atoms with Gasteiger partial charge >= 0.3 is 5.97 Å². The summed E-state index contributed by atoms with van der Waals surface area (Å²) in [5.74, 6) is -0.529. The van der Waals surface area contributed by atoms with Gasteiger partial charge in [-0.1, -0.05) is 12.1 Å². The second kappa shape index (κ2) is 6.92. The van der Waals surface area contributed by atoms with Gasteiger partial charge in [-0.25, -0.2) is 13.2 Å². The molecule has 25 heavy (non-hydrogen) atoms. The molecule has 1 aromatic carbocycles. The molecular weight excluding hydrogens is 340 g/mol. The van der Waals surface area contributed by atoms with Gasteiger partial charge in [-0.15, -0.1) is 0 Å². The number of sulfonamides is 1. The van der Waals surface area contributed by atoms with Crippen LogP contribution in [0.5, 0.6) is 0 Å². The van der Waals surface area contributed by atoms with E-state index in [0.717, 1.165) is 11.1 Å². The lowest BCUT2D eigenvalue weighted by atomic mass is 10.1. The molecule has 0 atom stereocenters. The summed E-state index contributed by atoms with van der Waals surface area (Å²) in [6.07, 6.45) is 0. The predicted octanol–water partition coefficient (Wildman–Crippen LogP) is 3.24. The molecule has 7 heteroatoms. The lowest BCUT2D eigenvalue weighted by Gasteiger charge is -2.13. The number of ether oxygens (including phenoxy) is 1. The Bertz CT molecular complexity index is 927. The molecule has 0 saturated heterocycles. The number of anilines is 1. The Morgan fingerprint density at radius 1 is 1.16 bits per heavy atom. The van der Waals surface area contributed by atoms with E-state index >= 15 is 0 Å². The van der Waals surface area contributed by atoms with E-state index in [9.17, 15) is 13.2 Å². The molecule has 0 amide bonds.